The summed E-state index contributed by atoms with van der Waals surface area (Å²) in [4.78, 5) is 29.8. The zero-order chi connectivity index (χ0) is 21.5. The van der Waals surface area contributed by atoms with Gasteiger partial charge in [0.25, 0.3) is 0 Å². The maximum Gasteiger partial charge on any atom is 0.414 e. The minimum Gasteiger partial charge on any atom is -0.442 e. The summed E-state index contributed by atoms with van der Waals surface area (Å²) >= 11 is 0. The first kappa shape index (κ1) is 21.8. The van der Waals surface area contributed by atoms with Gasteiger partial charge in [-0.1, -0.05) is 13.3 Å². The van der Waals surface area contributed by atoms with Gasteiger partial charge in [-0.2, -0.15) is 5.48 Å². The van der Waals surface area contributed by atoms with Crippen molar-refractivity contribution in [2.24, 2.45) is 0 Å². The van der Waals surface area contributed by atoms with Gasteiger partial charge in [0.1, 0.15) is 11.9 Å². The maximum absolute atomic E-state index is 14.8. The monoisotopic (exact) mass is 418 g/mol. The molecule has 0 radical (unpaired) electrons. The highest BCUT2D eigenvalue weighted by Gasteiger charge is 2.32. The van der Waals surface area contributed by atoms with Gasteiger partial charge in [-0.3, -0.25) is 9.69 Å². The van der Waals surface area contributed by atoms with Gasteiger partial charge < -0.3 is 19.5 Å². The molecule has 2 amide bonds. The number of halogens is 1. The lowest BCUT2D eigenvalue weighted by Crippen LogP contribution is -2.33. The van der Waals surface area contributed by atoms with Gasteiger partial charge in [-0.05, 0) is 36.2 Å². The number of nitrogens with one attached hydrogen (secondary N) is 2. The summed E-state index contributed by atoms with van der Waals surface area (Å²) in [6.45, 7) is 5.13. The first-order chi connectivity index (χ1) is 14.5. The van der Waals surface area contributed by atoms with E-state index in [4.69, 9.17) is 9.57 Å². The van der Waals surface area contributed by atoms with Crippen molar-refractivity contribution in [2.75, 3.05) is 24.6 Å². The highest BCUT2D eigenvalue weighted by molar-refractivity contribution is 5.90. The number of amides is 2. The van der Waals surface area contributed by atoms with Crippen LogP contribution in [-0.2, 0) is 20.9 Å². The van der Waals surface area contributed by atoms with E-state index in [0.717, 1.165) is 18.4 Å². The molecule has 0 aliphatic carbocycles. The van der Waals surface area contributed by atoms with E-state index in [0.29, 0.717) is 24.5 Å². The van der Waals surface area contributed by atoms with Gasteiger partial charge in [0.2, 0.25) is 5.91 Å². The molecule has 1 aromatic heterocycles. The van der Waals surface area contributed by atoms with Gasteiger partial charge in [0.05, 0.1) is 31.1 Å². The van der Waals surface area contributed by atoms with E-state index in [1.807, 2.05) is 12.3 Å². The molecule has 9 heteroatoms. The molecule has 1 aliphatic rings. The molecular weight excluding hydrogens is 391 g/mol. The third-order valence-corrected chi connectivity index (χ3v) is 4.71. The molecule has 2 heterocycles. The molecule has 1 aromatic carbocycles. The Bertz CT molecular complexity index is 886. The van der Waals surface area contributed by atoms with Gasteiger partial charge >= 0.3 is 6.09 Å². The molecule has 2 aromatic rings. The Morgan fingerprint density at radius 2 is 2.20 bits per heavy atom. The van der Waals surface area contributed by atoms with Crippen LogP contribution in [0.1, 0.15) is 32.3 Å². The van der Waals surface area contributed by atoms with Gasteiger partial charge in [-0.25, -0.2) is 9.18 Å². The Morgan fingerprint density at radius 1 is 1.37 bits per heavy atom. The van der Waals surface area contributed by atoms with E-state index in [2.05, 4.69) is 17.7 Å². The Balaban J connectivity index is 1.62. The van der Waals surface area contributed by atoms with Crippen LogP contribution in [0.25, 0.3) is 5.69 Å². The minimum atomic E-state index is -0.560. The molecule has 162 valence electrons. The Morgan fingerprint density at radius 3 is 2.93 bits per heavy atom. The average Bonchev–Trinajstić information content (AvgIpc) is 3.32. The quantitative estimate of drug-likeness (QED) is 0.458. The lowest BCUT2D eigenvalue weighted by Gasteiger charge is -2.15. The summed E-state index contributed by atoms with van der Waals surface area (Å²) in [5.41, 5.74) is 4.64. The third kappa shape index (κ3) is 5.58. The number of rotatable bonds is 10. The SMILES string of the molecule is CCCCONCc1ccn(-c2ccc(N3C[C@H](CNC(C)=O)OC3=O)cc2F)c1. The van der Waals surface area contributed by atoms with Gasteiger partial charge in [-0.15, -0.1) is 0 Å². The predicted octanol–water partition coefficient (Wildman–Crippen LogP) is 2.90. The highest BCUT2D eigenvalue weighted by atomic mass is 19.1. The first-order valence-electron chi connectivity index (χ1n) is 10.0. The van der Waals surface area contributed by atoms with E-state index in [1.165, 1.54) is 17.9 Å². The van der Waals surface area contributed by atoms with Crippen LogP contribution >= 0.6 is 0 Å². The number of anilines is 1. The fourth-order valence-corrected chi connectivity index (χ4v) is 3.09. The molecule has 0 saturated carbocycles. The lowest BCUT2D eigenvalue weighted by molar-refractivity contribution is -0.119. The first-order valence-corrected chi connectivity index (χ1v) is 10.0. The van der Waals surface area contributed by atoms with Crippen molar-refractivity contribution in [2.45, 2.75) is 39.3 Å². The van der Waals surface area contributed by atoms with Crippen molar-refractivity contribution in [3.63, 3.8) is 0 Å². The van der Waals surface area contributed by atoms with Crippen molar-refractivity contribution >= 4 is 17.7 Å². The normalized spacial score (nSPS) is 16.0. The number of carbonyl (C=O) groups excluding carboxylic acids is 2. The second-order valence-electron chi connectivity index (χ2n) is 7.14. The van der Waals surface area contributed by atoms with E-state index < -0.39 is 18.0 Å². The van der Waals surface area contributed by atoms with Crippen LogP contribution in [-0.4, -0.2) is 42.4 Å². The molecule has 8 nitrogen and oxygen atoms in total. The summed E-state index contributed by atoms with van der Waals surface area (Å²) in [5, 5.41) is 2.61. The van der Waals surface area contributed by atoms with Crippen molar-refractivity contribution in [1.82, 2.24) is 15.4 Å². The number of nitrogens with zero attached hydrogens (tertiary/aromatic N) is 2. The van der Waals surface area contributed by atoms with Crippen molar-refractivity contribution < 1.29 is 23.6 Å². The summed E-state index contributed by atoms with van der Waals surface area (Å²) in [5.74, 6) is -0.659. The molecule has 1 fully saturated rings. The number of unbranched alkanes of at least 4 members (excludes halogenated alkanes) is 1. The van der Waals surface area contributed by atoms with Crippen LogP contribution in [0, 0.1) is 5.82 Å². The second-order valence-corrected chi connectivity index (χ2v) is 7.14. The van der Waals surface area contributed by atoms with Crippen molar-refractivity contribution in [3.8, 4) is 5.69 Å². The number of benzene rings is 1. The zero-order valence-corrected chi connectivity index (χ0v) is 17.2. The molecule has 0 spiro atoms. The van der Waals surface area contributed by atoms with Crippen molar-refractivity contribution in [3.05, 3.63) is 48.0 Å². The van der Waals surface area contributed by atoms with Gasteiger partial charge in [0, 0.05) is 25.9 Å². The topological polar surface area (TPSA) is 84.8 Å². The van der Waals surface area contributed by atoms with E-state index in [1.54, 1.807) is 22.9 Å². The molecule has 2 N–H and O–H groups in total. The number of cyclic esters (lactones) is 1. The summed E-state index contributed by atoms with van der Waals surface area (Å²) < 4.78 is 21.7. The molecule has 1 aliphatic heterocycles. The average molecular weight is 418 g/mol. The molecule has 30 heavy (non-hydrogen) atoms. The highest BCUT2D eigenvalue weighted by Crippen LogP contribution is 2.25. The summed E-state index contributed by atoms with van der Waals surface area (Å²) in [7, 11) is 0. The molecule has 3 rings (SSSR count). The van der Waals surface area contributed by atoms with Crippen molar-refractivity contribution in [1.29, 1.82) is 0 Å². The smallest absolute Gasteiger partial charge is 0.414 e. The number of hydrogen-bond acceptors (Lipinski definition) is 5. The van der Waals surface area contributed by atoms with E-state index in [9.17, 15) is 14.0 Å². The predicted molar refractivity (Wildman–Crippen MR) is 110 cm³/mol. The van der Waals surface area contributed by atoms with E-state index >= 15 is 0 Å². The standard InChI is InChI=1S/C21H27FN4O4/c1-3-4-9-29-24-11-16-7-8-25(13-16)20-6-5-17(10-19(20)22)26-14-18(30-21(26)28)12-23-15(2)27/h5-8,10,13,18,24H,3-4,9,11-12,14H2,1-2H3,(H,23,27)/t18-/m0/s1. The molecule has 0 unspecified atom stereocenters. The maximum atomic E-state index is 14.8. The number of hydroxylamine groups is 1. The third-order valence-electron chi connectivity index (χ3n) is 4.71. The van der Waals surface area contributed by atoms with Crippen LogP contribution in [0.15, 0.2) is 36.7 Å². The van der Waals surface area contributed by atoms with Crippen LogP contribution in [0.2, 0.25) is 0 Å². The Kier molecular flexibility index (Phi) is 7.42. The molecular formula is C21H27FN4O4. The van der Waals surface area contributed by atoms with Crippen LogP contribution in [0.3, 0.4) is 0 Å². The van der Waals surface area contributed by atoms with Gasteiger partial charge in [0.15, 0.2) is 0 Å². The Labute approximate surface area is 174 Å². The van der Waals surface area contributed by atoms with Crippen LogP contribution in [0.5, 0.6) is 0 Å². The molecule has 1 atom stereocenters. The fraction of sp³-hybridized carbons (Fsp3) is 0.429. The molecule has 0 bridgehead atoms. The number of carbonyl (C=O) groups is 2. The number of hydrogen-bond donors (Lipinski definition) is 2. The summed E-state index contributed by atoms with van der Waals surface area (Å²) in [6.07, 6.45) is 4.62. The Hall–Kier alpha value is -2.91. The largest absolute Gasteiger partial charge is 0.442 e. The van der Waals surface area contributed by atoms with Crippen LogP contribution < -0.4 is 15.7 Å². The van der Waals surface area contributed by atoms with Crippen LogP contribution in [0.4, 0.5) is 14.9 Å². The fourth-order valence-electron chi connectivity index (χ4n) is 3.09. The zero-order valence-electron chi connectivity index (χ0n) is 17.2. The number of aromatic nitrogens is 1. The molecule has 1 saturated heterocycles. The minimum absolute atomic E-state index is 0.200. The second kappa shape index (κ2) is 10.2. The van der Waals surface area contributed by atoms with E-state index in [-0.39, 0.29) is 19.0 Å². The summed E-state index contributed by atoms with van der Waals surface area (Å²) in [6, 6.07) is 6.48. The number of ether oxygens (including phenoxy) is 1. The lowest BCUT2D eigenvalue weighted by atomic mass is 10.2.